The third kappa shape index (κ3) is 4.87. The Morgan fingerprint density at radius 1 is 1.21 bits per heavy atom. The monoisotopic (exact) mass is 334 g/mol. The van der Waals surface area contributed by atoms with Gasteiger partial charge < -0.3 is 19.7 Å². The molecule has 24 heavy (non-hydrogen) atoms. The van der Waals surface area contributed by atoms with Crippen LogP contribution < -0.4 is 14.8 Å². The zero-order valence-electron chi connectivity index (χ0n) is 15.1. The maximum absolute atomic E-state index is 12.7. The predicted molar refractivity (Wildman–Crippen MR) is 95.8 cm³/mol. The lowest BCUT2D eigenvalue weighted by Crippen LogP contribution is -2.46. The lowest BCUT2D eigenvalue weighted by atomic mass is 10.0. The first-order valence-corrected chi connectivity index (χ1v) is 8.90. The summed E-state index contributed by atoms with van der Waals surface area (Å²) in [6.45, 7) is 5.01. The van der Waals surface area contributed by atoms with Crippen molar-refractivity contribution in [2.45, 2.75) is 45.1 Å². The van der Waals surface area contributed by atoms with Gasteiger partial charge in [-0.15, -0.1) is 0 Å². The number of piperidine rings is 1. The molecule has 1 aromatic rings. The van der Waals surface area contributed by atoms with Crippen molar-refractivity contribution in [3.8, 4) is 11.5 Å². The number of hydrogen-bond donors (Lipinski definition) is 1. The lowest BCUT2D eigenvalue weighted by molar-refractivity contribution is -0.134. The summed E-state index contributed by atoms with van der Waals surface area (Å²) in [5.41, 5.74) is 1.10. The third-order valence-electron chi connectivity index (χ3n) is 4.61. The minimum absolute atomic E-state index is 0.263. The average Bonchev–Trinajstić information content (AvgIpc) is 2.64. The first-order valence-electron chi connectivity index (χ1n) is 8.90. The van der Waals surface area contributed by atoms with E-state index in [0.717, 1.165) is 56.6 Å². The van der Waals surface area contributed by atoms with Gasteiger partial charge in [-0.05, 0) is 56.5 Å². The highest BCUT2D eigenvalue weighted by atomic mass is 16.5. The van der Waals surface area contributed by atoms with Gasteiger partial charge >= 0.3 is 0 Å². The fourth-order valence-corrected chi connectivity index (χ4v) is 3.30. The van der Waals surface area contributed by atoms with Gasteiger partial charge in [-0.3, -0.25) is 4.79 Å². The van der Waals surface area contributed by atoms with Crippen molar-refractivity contribution < 1.29 is 14.3 Å². The van der Waals surface area contributed by atoms with Crippen LogP contribution in [0.15, 0.2) is 18.2 Å². The summed E-state index contributed by atoms with van der Waals surface area (Å²) in [4.78, 5) is 14.8. The normalized spacial score (nSPS) is 15.1. The van der Waals surface area contributed by atoms with Crippen molar-refractivity contribution in [3.63, 3.8) is 0 Å². The number of amides is 1. The van der Waals surface area contributed by atoms with E-state index in [1.54, 1.807) is 14.2 Å². The first-order chi connectivity index (χ1) is 11.7. The van der Waals surface area contributed by atoms with Gasteiger partial charge in [0, 0.05) is 19.0 Å². The van der Waals surface area contributed by atoms with E-state index in [0.29, 0.717) is 18.2 Å². The van der Waals surface area contributed by atoms with Crippen LogP contribution in [0.3, 0.4) is 0 Å². The number of hydrogen-bond acceptors (Lipinski definition) is 4. The smallest absolute Gasteiger partial charge is 0.223 e. The van der Waals surface area contributed by atoms with Crippen molar-refractivity contribution in [1.29, 1.82) is 0 Å². The molecular weight excluding hydrogens is 304 g/mol. The summed E-state index contributed by atoms with van der Waals surface area (Å²) in [6, 6.07) is 6.25. The Morgan fingerprint density at radius 3 is 2.54 bits per heavy atom. The van der Waals surface area contributed by atoms with Crippen LogP contribution in [0.25, 0.3) is 0 Å². The van der Waals surface area contributed by atoms with Crippen LogP contribution in [-0.4, -0.2) is 50.7 Å². The molecule has 1 saturated heterocycles. The second kappa shape index (κ2) is 9.52. The van der Waals surface area contributed by atoms with Crippen LogP contribution in [0.1, 0.15) is 38.2 Å². The van der Waals surface area contributed by atoms with E-state index in [9.17, 15) is 4.79 Å². The molecular formula is C19H30N2O3. The van der Waals surface area contributed by atoms with Crippen LogP contribution in [0.5, 0.6) is 11.5 Å². The van der Waals surface area contributed by atoms with E-state index >= 15 is 0 Å². The summed E-state index contributed by atoms with van der Waals surface area (Å²) in [5, 5.41) is 3.37. The number of carbonyl (C=O) groups is 1. The molecule has 0 radical (unpaired) electrons. The molecule has 0 saturated carbocycles. The highest BCUT2D eigenvalue weighted by Gasteiger charge is 2.24. The third-order valence-corrected chi connectivity index (χ3v) is 4.61. The number of ether oxygens (including phenoxy) is 2. The Bertz CT molecular complexity index is 527. The maximum Gasteiger partial charge on any atom is 0.223 e. The van der Waals surface area contributed by atoms with E-state index in [1.165, 1.54) is 0 Å². The Labute approximate surface area is 145 Å². The fourth-order valence-electron chi connectivity index (χ4n) is 3.30. The molecule has 1 heterocycles. The number of benzene rings is 1. The van der Waals surface area contributed by atoms with E-state index in [1.807, 2.05) is 18.2 Å². The summed E-state index contributed by atoms with van der Waals surface area (Å²) in [7, 11) is 3.26. The molecule has 5 nitrogen and oxygen atoms in total. The van der Waals surface area contributed by atoms with Gasteiger partial charge in [-0.1, -0.05) is 13.0 Å². The molecule has 0 spiro atoms. The summed E-state index contributed by atoms with van der Waals surface area (Å²) in [6.07, 6.45) is 4.39. The Kier molecular flexibility index (Phi) is 7.37. The summed E-state index contributed by atoms with van der Waals surface area (Å²) >= 11 is 0. The number of methoxy groups -OCH3 is 2. The summed E-state index contributed by atoms with van der Waals surface area (Å²) in [5.74, 6) is 1.69. The number of nitrogens with zero attached hydrogens (tertiary/aromatic N) is 1. The van der Waals surface area contributed by atoms with E-state index in [2.05, 4.69) is 17.1 Å². The molecule has 1 aliphatic heterocycles. The van der Waals surface area contributed by atoms with Crippen LogP contribution >= 0.6 is 0 Å². The van der Waals surface area contributed by atoms with Crippen molar-refractivity contribution in [2.75, 3.05) is 33.9 Å². The standard InChI is InChI=1S/C19H30N2O3/c1-4-13-21(16-9-11-20-12-10-16)19(22)8-6-15-5-7-17(23-2)18(14-15)24-3/h5,7,14,16,20H,4,6,8-13H2,1-3H3. The average molecular weight is 334 g/mol. The van der Waals surface area contributed by atoms with Gasteiger partial charge in [0.1, 0.15) is 0 Å². The highest BCUT2D eigenvalue weighted by molar-refractivity contribution is 5.76. The van der Waals surface area contributed by atoms with Gasteiger partial charge in [0.15, 0.2) is 11.5 Å². The molecule has 0 aliphatic carbocycles. The van der Waals surface area contributed by atoms with Gasteiger partial charge in [-0.25, -0.2) is 0 Å². The van der Waals surface area contributed by atoms with Crippen LogP contribution in [0.4, 0.5) is 0 Å². The van der Waals surface area contributed by atoms with Crippen LogP contribution in [0.2, 0.25) is 0 Å². The van der Waals surface area contributed by atoms with E-state index in [-0.39, 0.29) is 5.91 Å². The molecule has 2 rings (SSSR count). The lowest BCUT2D eigenvalue weighted by Gasteiger charge is -2.34. The van der Waals surface area contributed by atoms with Gasteiger partial charge in [0.2, 0.25) is 5.91 Å². The Hall–Kier alpha value is -1.75. The maximum atomic E-state index is 12.7. The zero-order chi connectivity index (χ0) is 17.4. The molecule has 5 heteroatoms. The first kappa shape index (κ1) is 18.6. The zero-order valence-corrected chi connectivity index (χ0v) is 15.1. The highest BCUT2D eigenvalue weighted by Crippen LogP contribution is 2.28. The van der Waals surface area contributed by atoms with Crippen LogP contribution in [0, 0.1) is 0 Å². The number of aryl methyl sites for hydroxylation is 1. The molecule has 1 aliphatic rings. The van der Waals surface area contributed by atoms with Gasteiger partial charge in [0.25, 0.3) is 0 Å². The molecule has 1 N–H and O–H groups in total. The Balaban J connectivity index is 1.96. The van der Waals surface area contributed by atoms with Gasteiger partial charge in [0.05, 0.1) is 14.2 Å². The van der Waals surface area contributed by atoms with E-state index in [4.69, 9.17) is 9.47 Å². The Morgan fingerprint density at radius 2 is 1.92 bits per heavy atom. The van der Waals surface area contributed by atoms with Crippen molar-refractivity contribution in [3.05, 3.63) is 23.8 Å². The van der Waals surface area contributed by atoms with Crippen molar-refractivity contribution >= 4 is 5.91 Å². The molecule has 0 atom stereocenters. The summed E-state index contributed by atoms with van der Waals surface area (Å²) < 4.78 is 10.6. The second-order valence-electron chi connectivity index (χ2n) is 6.26. The molecule has 1 fully saturated rings. The quantitative estimate of drug-likeness (QED) is 0.794. The molecule has 134 valence electrons. The number of nitrogens with one attached hydrogen (secondary N) is 1. The number of rotatable bonds is 8. The topological polar surface area (TPSA) is 50.8 Å². The SMILES string of the molecule is CCCN(C(=O)CCc1ccc(OC)c(OC)c1)C1CCNCC1. The minimum atomic E-state index is 0.263. The molecule has 0 aromatic heterocycles. The number of carbonyl (C=O) groups excluding carboxylic acids is 1. The largest absolute Gasteiger partial charge is 0.493 e. The van der Waals surface area contributed by atoms with Gasteiger partial charge in [-0.2, -0.15) is 0 Å². The molecule has 0 bridgehead atoms. The molecule has 0 unspecified atom stereocenters. The minimum Gasteiger partial charge on any atom is -0.493 e. The fraction of sp³-hybridized carbons (Fsp3) is 0.632. The van der Waals surface area contributed by atoms with E-state index < -0.39 is 0 Å². The van der Waals surface area contributed by atoms with Crippen molar-refractivity contribution in [2.24, 2.45) is 0 Å². The molecule has 1 aromatic carbocycles. The van der Waals surface area contributed by atoms with Crippen LogP contribution in [-0.2, 0) is 11.2 Å². The predicted octanol–water partition coefficient (Wildman–Crippen LogP) is 2.63. The van der Waals surface area contributed by atoms with Crippen molar-refractivity contribution in [1.82, 2.24) is 10.2 Å². The molecule has 1 amide bonds. The second-order valence-corrected chi connectivity index (χ2v) is 6.26.